The average Bonchev–Trinajstić information content (AvgIpc) is 3.24. The van der Waals surface area contributed by atoms with Gasteiger partial charge in [-0.25, -0.2) is 19.9 Å². The summed E-state index contributed by atoms with van der Waals surface area (Å²) in [4.78, 5) is 20.2. The largest absolute Gasteiger partial charge is 0.357 e. The van der Waals surface area contributed by atoms with Crippen molar-refractivity contribution >= 4 is 16.9 Å². The van der Waals surface area contributed by atoms with E-state index in [2.05, 4.69) is 87.9 Å². The summed E-state index contributed by atoms with van der Waals surface area (Å²) in [5, 5.41) is 0. The van der Waals surface area contributed by atoms with Gasteiger partial charge in [-0.2, -0.15) is 0 Å². The van der Waals surface area contributed by atoms with Crippen molar-refractivity contribution in [3.05, 3.63) is 91.1 Å². The molecule has 6 nitrogen and oxygen atoms in total. The highest BCUT2D eigenvalue weighted by atomic mass is 15.2. The molecule has 0 aliphatic heterocycles. The lowest BCUT2D eigenvalue weighted by Gasteiger charge is -2.19. The molecular weight excluding hydrogens is 408 g/mol. The highest BCUT2D eigenvalue weighted by molar-refractivity contribution is 5.81. The van der Waals surface area contributed by atoms with Crippen LogP contribution in [0.4, 0.5) is 5.82 Å². The summed E-state index contributed by atoms with van der Waals surface area (Å²) in [6.45, 7) is 6.87. The van der Waals surface area contributed by atoms with Gasteiger partial charge in [0.2, 0.25) is 0 Å². The molecule has 0 fully saturated rings. The first-order valence-corrected chi connectivity index (χ1v) is 11.3. The predicted octanol–water partition coefficient (Wildman–Crippen LogP) is 5.45. The van der Waals surface area contributed by atoms with Crippen LogP contribution in [-0.4, -0.2) is 37.6 Å². The number of anilines is 1. The molecule has 0 aliphatic rings. The van der Waals surface area contributed by atoms with Crippen LogP contribution in [0.5, 0.6) is 0 Å². The van der Waals surface area contributed by atoms with Crippen LogP contribution < -0.4 is 4.90 Å². The molecule has 3 heterocycles. The van der Waals surface area contributed by atoms with Gasteiger partial charge in [0.05, 0.1) is 11.0 Å². The van der Waals surface area contributed by atoms with E-state index in [1.165, 1.54) is 5.56 Å². The Hall–Kier alpha value is -4.06. The van der Waals surface area contributed by atoms with E-state index in [9.17, 15) is 0 Å². The van der Waals surface area contributed by atoms with Gasteiger partial charge in [0.1, 0.15) is 18.0 Å². The first-order valence-electron chi connectivity index (χ1n) is 11.3. The molecule has 2 aromatic carbocycles. The number of imidazole rings is 1. The van der Waals surface area contributed by atoms with Crippen molar-refractivity contribution in [2.75, 3.05) is 18.0 Å². The second kappa shape index (κ2) is 9.20. The molecule has 0 spiro atoms. The van der Waals surface area contributed by atoms with Crippen molar-refractivity contribution in [3.63, 3.8) is 0 Å². The van der Waals surface area contributed by atoms with Crippen LogP contribution in [0.1, 0.15) is 19.4 Å². The molecule has 0 atom stereocenters. The average molecular weight is 435 g/mol. The summed E-state index contributed by atoms with van der Waals surface area (Å²) < 4.78 is 2.27. The summed E-state index contributed by atoms with van der Waals surface area (Å²) in [5.41, 5.74) is 6.39. The number of rotatable bonds is 7. The van der Waals surface area contributed by atoms with E-state index < -0.39 is 0 Å². The third kappa shape index (κ3) is 4.20. The minimum atomic E-state index is 0.704. The first-order chi connectivity index (χ1) is 16.3. The summed E-state index contributed by atoms with van der Waals surface area (Å²) in [7, 11) is 0. The fraction of sp³-hybridized carbons (Fsp3) is 0.185. The molecular formula is C27H26N6. The van der Waals surface area contributed by atoms with Gasteiger partial charge in [-0.3, -0.25) is 0 Å². The smallest absolute Gasteiger partial charge is 0.143 e. The van der Waals surface area contributed by atoms with Crippen molar-refractivity contribution in [3.8, 4) is 22.5 Å². The van der Waals surface area contributed by atoms with Gasteiger partial charge in [-0.15, -0.1) is 0 Å². The Morgan fingerprint density at radius 2 is 1.61 bits per heavy atom. The molecule has 0 aliphatic carbocycles. The molecule has 164 valence electrons. The van der Waals surface area contributed by atoms with E-state index in [0.717, 1.165) is 52.5 Å². The Bertz CT molecular complexity index is 1350. The molecule has 0 bridgehead atoms. The molecule has 5 aromatic rings. The minimum Gasteiger partial charge on any atom is -0.357 e. The lowest BCUT2D eigenvalue weighted by molar-refractivity contribution is 0.830. The second-order valence-electron chi connectivity index (χ2n) is 7.92. The third-order valence-electron chi connectivity index (χ3n) is 5.91. The zero-order chi connectivity index (χ0) is 22.6. The minimum absolute atomic E-state index is 0.704. The van der Waals surface area contributed by atoms with Crippen LogP contribution in [0.2, 0.25) is 0 Å². The number of pyridine rings is 1. The first kappa shape index (κ1) is 20.8. The van der Waals surface area contributed by atoms with E-state index in [-0.39, 0.29) is 0 Å². The number of benzene rings is 2. The van der Waals surface area contributed by atoms with Gasteiger partial charge in [-0.05, 0) is 55.3 Å². The summed E-state index contributed by atoms with van der Waals surface area (Å²) in [6.07, 6.45) is 7.17. The van der Waals surface area contributed by atoms with Crippen LogP contribution in [-0.2, 0) is 6.54 Å². The van der Waals surface area contributed by atoms with Crippen molar-refractivity contribution < 1.29 is 0 Å². The van der Waals surface area contributed by atoms with Crippen LogP contribution >= 0.6 is 0 Å². The monoisotopic (exact) mass is 434 g/mol. The Balaban J connectivity index is 1.55. The van der Waals surface area contributed by atoms with Crippen molar-refractivity contribution in [2.45, 2.75) is 20.4 Å². The van der Waals surface area contributed by atoms with Crippen molar-refractivity contribution in [1.82, 2.24) is 24.5 Å². The zero-order valence-electron chi connectivity index (χ0n) is 18.9. The van der Waals surface area contributed by atoms with Gasteiger partial charge >= 0.3 is 0 Å². The van der Waals surface area contributed by atoms with E-state index >= 15 is 0 Å². The number of para-hydroxylation sites is 2. The molecule has 0 amide bonds. The highest BCUT2D eigenvalue weighted by Gasteiger charge is 2.14. The Labute approximate surface area is 193 Å². The molecule has 0 unspecified atom stereocenters. The van der Waals surface area contributed by atoms with E-state index in [4.69, 9.17) is 9.97 Å². The van der Waals surface area contributed by atoms with Crippen molar-refractivity contribution in [1.29, 1.82) is 0 Å². The van der Waals surface area contributed by atoms with Gasteiger partial charge in [0, 0.05) is 49.4 Å². The third-order valence-corrected chi connectivity index (χ3v) is 5.91. The van der Waals surface area contributed by atoms with Gasteiger partial charge < -0.3 is 9.47 Å². The topological polar surface area (TPSA) is 59.7 Å². The van der Waals surface area contributed by atoms with Gasteiger partial charge in [0.15, 0.2) is 0 Å². The fourth-order valence-electron chi connectivity index (χ4n) is 4.19. The molecule has 0 saturated carbocycles. The molecule has 0 N–H and O–H groups in total. The quantitative estimate of drug-likeness (QED) is 0.341. The van der Waals surface area contributed by atoms with E-state index in [0.29, 0.717) is 6.54 Å². The maximum absolute atomic E-state index is 4.96. The fourth-order valence-corrected chi connectivity index (χ4v) is 4.19. The number of aromatic nitrogens is 5. The standard InChI is InChI=1S/C27H26N6/c1-3-32(4-2)26-13-12-22(17-30-26)27-31-24-10-5-6-11-25(24)33(27)18-20-8-7-9-21(14-20)23-15-28-19-29-16-23/h5-17,19H,3-4,18H2,1-2H3. The Morgan fingerprint density at radius 3 is 2.36 bits per heavy atom. The highest BCUT2D eigenvalue weighted by Crippen LogP contribution is 2.27. The number of fused-ring (bicyclic) bond motifs is 1. The number of hydrogen-bond donors (Lipinski definition) is 0. The molecule has 0 radical (unpaired) electrons. The summed E-state index contributed by atoms with van der Waals surface area (Å²) >= 11 is 0. The Kier molecular flexibility index (Phi) is 5.81. The molecule has 0 saturated heterocycles. The lowest BCUT2D eigenvalue weighted by atomic mass is 10.1. The van der Waals surface area contributed by atoms with Crippen LogP contribution in [0.15, 0.2) is 85.6 Å². The van der Waals surface area contributed by atoms with Crippen LogP contribution in [0.3, 0.4) is 0 Å². The van der Waals surface area contributed by atoms with Crippen LogP contribution in [0, 0.1) is 0 Å². The molecule has 5 rings (SSSR count). The van der Waals surface area contributed by atoms with E-state index in [1.54, 1.807) is 6.33 Å². The predicted molar refractivity (Wildman–Crippen MR) is 133 cm³/mol. The van der Waals surface area contributed by atoms with Crippen LogP contribution in [0.25, 0.3) is 33.5 Å². The molecule has 6 heteroatoms. The lowest BCUT2D eigenvalue weighted by Crippen LogP contribution is -2.22. The second-order valence-corrected chi connectivity index (χ2v) is 7.92. The number of hydrogen-bond acceptors (Lipinski definition) is 5. The number of nitrogens with zero attached hydrogens (tertiary/aromatic N) is 6. The molecule has 33 heavy (non-hydrogen) atoms. The Morgan fingerprint density at radius 1 is 0.788 bits per heavy atom. The van der Waals surface area contributed by atoms with E-state index in [1.807, 2.05) is 24.7 Å². The maximum atomic E-state index is 4.96. The zero-order valence-corrected chi connectivity index (χ0v) is 18.9. The molecule has 3 aromatic heterocycles. The summed E-state index contributed by atoms with van der Waals surface area (Å²) in [5.74, 6) is 1.91. The maximum Gasteiger partial charge on any atom is 0.143 e. The van der Waals surface area contributed by atoms with Crippen molar-refractivity contribution in [2.24, 2.45) is 0 Å². The van der Waals surface area contributed by atoms with Gasteiger partial charge in [-0.1, -0.05) is 30.3 Å². The summed E-state index contributed by atoms with van der Waals surface area (Å²) in [6, 6.07) is 21.0. The van der Waals surface area contributed by atoms with Gasteiger partial charge in [0.25, 0.3) is 0 Å². The normalized spacial score (nSPS) is 11.1. The SMILES string of the molecule is CCN(CC)c1ccc(-c2nc3ccccc3n2Cc2cccc(-c3cncnc3)c2)cn1.